The smallest absolute Gasteiger partial charge is 0.0720 e. The van der Waals surface area contributed by atoms with Gasteiger partial charge in [0.15, 0.2) is 0 Å². The number of nitrogens with zero attached hydrogens (tertiary/aromatic N) is 1. The van der Waals surface area contributed by atoms with Gasteiger partial charge in [0, 0.05) is 16.5 Å². The van der Waals surface area contributed by atoms with Gasteiger partial charge < -0.3 is 4.57 Å². The first kappa shape index (κ1) is 31.0. The van der Waals surface area contributed by atoms with Crippen molar-refractivity contribution >= 4 is 21.8 Å². The molecule has 264 valence electrons. The standard InChI is InChI=1S/C56H35N/c1-2-16-36(17-3-1)37-30-32-38(33-31-37)57-53-29-15-8-22-43(53)44-34-51-52(35-54(44)57)56(47-25-11-6-20-41(47)42-21-7-12-26-48(42)56)50-28-14-13-27-49(50)55(51)45-23-9-4-18-39(45)40-19-5-10-24-46(40)55/h1-35H. The van der Waals surface area contributed by atoms with E-state index in [1.807, 2.05) is 0 Å². The van der Waals surface area contributed by atoms with Crippen LogP contribution in [0.5, 0.6) is 0 Å². The topological polar surface area (TPSA) is 4.93 Å². The van der Waals surface area contributed by atoms with Gasteiger partial charge in [0.05, 0.1) is 21.9 Å². The zero-order valence-corrected chi connectivity index (χ0v) is 31.2. The van der Waals surface area contributed by atoms with Crippen molar-refractivity contribution in [2.24, 2.45) is 0 Å². The molecule has 0 bridgehead atoms. The third kappa shape index (κ3) is 3.75. The number of fused-ring (bicyclic) bond motifs is 19. The monoisotopic (exact) mass is 721 g/mol. The lowest BCUT2D eigenvalue weighted by molar-refractivity contribution is 0.634. The molecule has 0 amide bonds. The molecule has 1 aromatic heterocycles. The van der Waals surface area contributed by atoms with E-state index in [1.54, 1.807) is 0 Å². The Morgan fingerprint density at radius 3 is 1.19 bits per heavy atom. The summed E-state index contributed by atoms with van der Waals surface area (Å²) in [4.78, 5) is 0. The molecular weight excluding hydrogens is 687 g/mol. The molecule has 57 heavy (non-hydrogen) atoms. The maximum Gasteiger partial charge on any atom is 0.0720 e. The number of para-hydroxylation sites is 1. The quantitative estimate of drug-likeness (QED) is 0.167. The zero-order chi connectivity index (χ0) is 37.3. The van der Waals surface area contributed by atoms with Crippen LogP contribution >= 0.6 is 0 Å². The van der Waals surface area contributed by atoms with Crippen LogP contribution in [-0.4, -0.2) is 4.57 Å². The van der Waals surface area contributed by atoms with Gasteiger partial charge in [-0.3, -0.25) is 0 Å². The number of rotatable bonds is 2. The maximum absolute atomic E-state index is 2.60. The lowest BCUT2D eigenvalue weighted by Crippen LogP contribution is -2.43. The van der Waals surface area contributed by atoms with E-state index in [2.05, 4.69) is 217 Å². The van der Waals surface area contributed by atoms with E-state index in [4.69, 9.17) is 0 Å². The van der Waals surface area contributed by atoms with Crippen LogP contribution in [0, 0.1) is 0 Å². The highest BCUT2D eigenvalue weighted by Crippen LogP contribution is 2.67. The molecule has 0 atom stereocenters. The summed E-state index contributed by atoms with van der Waals surface area (Å²) >= 11 is 0. The largest absolute Gasteiger partial charge is 0.309 e. The number of aromatic nitrogens is 1. The second kappa shape index (κ2) is 11.2. The predicted molar refractivity (Wildman–Crippen MR) is 234 cm³/mol. The van der Waals surface area contributed by atoms with E-state index in [-0.39, 0.29) is 0 Å². The SMILES string of the molecule is c1ccc(-c2ccc(-n3c4ccccc4c4cc5c(cc43)C3(c4ccccc4-c4ccccc43)c3ccccc3C53c4ccccc4-c4ccccc43)cc2)cc1. The molecule has 0 aliphatic heterocycles. The summed E-state index contributed by atoms with van der Waals surface area (Å²) in [6.07, 6.45) is 0. The van der Waals surface area contributed by atoms with Crippen LogP contribution in [0.3, 0.4) is 0 Å². The lowest BCUT2D eigenvalue weighted by atomic mass is 9.52. The Morgan fingerprint density at radius 2 is 0.667 bits per heavy atom. The van der Waals surface area contributed by atoms with Crippen LogP contribution < -0.4 is 0 Å². The summed E-state index contributed by atoms with van der Waals surface area (Å²) in [6.45, 7) is 0. The van der Waals surface area contributed by atoms with Crippen molar-refractivity contribution in [1.82, 2.24) is 4.57 Å². The molecule has 1 heterocycles. The van der Waals surface area contributed by atoms with E-state index in [1.165, 1.54) is 99.7 Å². The van der Waals surface area contributed by atoms with Gasteiger partial charge in [-0.2, -0.15) is 0 Å². The average Bonchev–Trinajstić information content (AvgIpc) is 3.88. The molecule has 3 aliphatic carbocycles. The van der Waals surface area contributed by atoms with Crippen molar-refractivity contribution in [3.05, 3.63) is 257 Å². The van der Waals surface area contributed by atoms with Gasteiger partial charge in [-0.25, -0.2) is 0 Å². The zero-order valence-electron chi connectivity index (χ0n) is 31.2. The normalized spacial score (nSPS) is 14.6. The van der Waals surface area contributed by atoms with Gasteiger partial charge in [-0.1, -0.05) is 182 Å². The van der Waals surface area contributed by atoms with Gasteiger partial charge in [0.2, 0.25) is 0 Å². The fourth-order valence-electron chi connectivity index (χ4n) is 11.4. The number of hydrogen-bond acceptors (Lipinski definition) is 0. The molecule has 1 nitrogen and oxygen atoms in total. The van der Waals surface area contributed by atoms with E-state index in [9.17, 15) is 0 Å². The van der Waals surface area contributed by atoms with Crippen molar-refractivity contribution < 1.29 is 0 Å². The van der Waals surface area contributed by atoms with Crippen LogP contribution in [0.4, 0.5) is 0 Å². The third-order valence-corrected chi connectivity index (χ3v) is 13.5. The Labute approximate surface area is 331 Å². The Morgan fingerprint density at radius 1 is 0.263 bits per heavy atom. The van der Waals surface area contributed by atoms with Crippen molar-refractivity contribution in [3.8, 4) is 39.1 Å². The Bertz CT molecular complexity index is 3200. The van der Waals surface area contributed by atoms with Gasteiger partial charge >= 0.3 is 0 Å². The third-order valence-electron chi connectivity index (χ3n) is 13.5. The molecule has 1 heteroatoms. The molecule has 0 saturated heterocycles. The van der Waals surface area contributed by atoms with Crippen molar-refractivity contribution in [3.63, 3.8) is 0 Å². The summed E-state index contributed by atoms with van der Waals surface area (Å²) in [5, 5.41) is 2.53. The van der Waals surface area contributed by atoms with E-state index in [0.29, 0.717) is 0 Å². The van der Waals surface area contributed by atoms with Gasteiger partial charge in [0.1, 0.15) is 0 Å². The van der Waals surface area contributed by atoms with Gasteiger partial charge in [-0.05, 0) is 108 Å². The van der Waals surface area contributed by atoms with Crippen molar-refractivity contribution in [2.75, 3.05) is 0 Å². The minimum absolute atomic E-state index is 0.522. The van der Waals surface area contributed by atoms with E-state index in [0.717, 1.165) is 5.69 Å². The molecule has 0 saturated carbocycles. The molecule has 9 aromatic carbocycles. The Balaban J connectivity index is 1.23. The Kier molecular flexibility index (Phi) is 6.09. The minimum atomic E-state index is -0.538. The summed E-state index contributed by atoms with van der Waals surface area (Å²) in [7, 11) is 0. The number of hydrogen-bond donors (Lipinski definition) is 0. The van der Waals surface area contributed by atoms with Crippen molar-refractivity contribution in [1.29, 1.82) is 0 Å². The highest BCUT2D eigenvalue weighted by Gasteiger charge is 2.59. The van der Waals surface area contributed by atoms with Crippen LogP contribution in [0.15, 0.2) is 212 Å². The first-order valence-electron chi connectivity index (χ1n) is 20.0. The predicted octanol–water partition coefficient (Wildman–Crippen LogP) is 13.5. The highest BCUT2D eigenvalue weighted by molar-refractivity contribution is 6.11. The summed E-state index contributed by atoms with van der Waals surface area (Å²) in [6, 6.07) is 80.1. The second-order valence-electron chi connectivity index (χ2n) is 15.9. The minimum Gasteiger partial charge on any atom is -0.309 e. The maximum atomic E-state index is 2.60. The van der Waals surface area contributed by atoms with Gasteiger partial charge in [0.25, 0.3) is 0 Å². The van der Waals surface area contributed by atoms with Crippen LogP contribution in [0.2, 0.25) is 0 Å². The van der Waals surface area contributed by atoms with E-state index >= 15 is 0 Å². The summed E-state index contributed by atoms with van der Waals surface area (Å²) in [5.41, 5.74) is 21.1. The van der Waals surface area contributed by atoms with Crippen LogP contribution in [0.1, 0.15) is 44.5 Å². The molecule has 10 aromatic rings. The summed E-state index contributed by atoms with van der Waals surface area (Å²) < 4.78 is 2.50. The molecular formula is C56H35N. The molecule has 3 aliphatic rings. The molecule has 0 unspecified atom stereocenters. The second-order valence-corrected chi connectivity index (χ2v) is 15.9. The average molecular weight is 722 g/mol. The molecule has 2 spiro atoms. The molecule has 13 rings (SSSR count). The van der Waals surface area contributed by atoms with Crippen molar-refractivity contribution in [2.45, 2.75) is 10.8 Å². The highest BCUT2D eigenvalue weighted by atomic mass is 15.0. The lowest BCUT2D eigenvalue weighted by Gasteiger charge is -2.49. The fourth-order valence-corrected chi connectivity index (χ4v) is 11.4. The first-order chi connectivity index (χ1) is 28.3. The molecule has 0 fully saturated rings. The fraction of sp³-hybridized carbons (Fsp3) is 0.0357. The van der Waals surface area contributed by atoms with Crippen LogP contribution in [-0.2, 0) is 10.8 Å². The number of benzene rings is 9. The van der Waals surface area contributed by atoms with E-state index < -0.39 is 10.8 Å². The van der Waals surface area contributed by atoms with Gasteiger partial charge in [-0.15, -0.1) is 0 Å². The molecule has 0 radical (unpaired) electrons. The Hall–Kier alpha value is -7.22. The van der Waals surface area contributed by atoms with Crippen LogP contribution in [0.25, 0.3) is 60.9 Å². The summed E-state index contributed by atoms with van der Waals surface area (Å²) in [5.74, 6) is 0. The first-order valence-corrected chi connectivity index (χ1v) is 20.0. The molecule has 0 N–H and O–H groups in total.